The molecule has 1 atom stereocenters. The molecule has 20 heavy (non-hydrogen) atoms. The van der Waals surface area contributed by atoms with Gasteiger partial charge in [0, 0.05) is 13.2 Å². The molecule has 0 aromatic heterocycles. The van der Waals surface area contributed by atoms with Crippen LogP contribution in [0.15, 0.2) is 30.3 Å². The van der Waals surface area contributed by atoms with Crippen molar-refractivity contribution in [3.63, 3.8) is 0 Å². The second kappa shape index (κ2) is 9.95. The summed E-state index contributed by atoms with van der Waals surface area (Å²) in [5, 5.41) is 0. The third-order valence-electron chi connectivity index (χ3n) is 3.29. The molecule has 2 nitrogen and oxygen atoms in total. The van der Waals surface area contributed by atoms with E-state index in [1.165, 1.54) is 5.56 Å². The maximum absolute atomic E-state index is 6.02. The van der Waals surface area contributed by atoms with Crippen LogP contribution < -0.4 is 0 Å². The summed E-state index contributed by atoms with van der Waals surface area (Å²) >= 11 is 0. The van der Waals surface area contributed by atoms with E-state index in [-0.39, 0.29) is 6.10 Å². The van der Waals surface area contributed by atoms with E-state index in [1.807, 2.05) is 6.07 Å². The molecule has 1 unspecified atom stereocenters. The Morgan fingerprint density at radius 3 is 2.05 bits per heavy atom. The normalized spacial score (nSPS) is 13.1. The highest BCUT2D eigenvalue weighted by molar-refractivity contribution is 5.17. The highest BCUT2D eigenvalue weighted by Gasteiger charge is 2.12. The van der Waals surface area contributed by atoms with Crippen molar-refractivity contribution in [2.24, 2.45) is 11.8 Å². The monoisotopic (exact) mass is 278 g/mol. The van der Waals surface area contributed by atoms with Crippen LogP contribution in [0, 0.1) is 11.8 Å². The molecule has 0 spiro atoms. The van der Waals surface area contributed by atoms with Gasteiger partial charge in [-0.1, -0.05) is 58.0 Å². The van der Waals surface area contributed by atoms with E-state index in [0.717, 1.165) is 26.1 Å². The zero-order chi connectivity index (χ0) is 14.8. The first-order chi connectivity index (χ1) is 9.59. The van der Waals surface area contributed by atoms with Gasteiger partial charge in [0.05, 0.1) is 6.61 Å². The molecular weight excluding hydrogens is 248 g/mol. The molecular formula is C18H30O2. The van der Waals surface area contributed by atoms with Crippen molar-refractivity contribution in [1.82, 2.24) is 0 Å². The minimum absolute atomic E-state index is 0.0575. The Labute approximate surface area is 124 Å². The van der Waals surface area contributed by atoms with Crippen LogP contribution in [0.25, 0.3) is 0 Å². The van der Waals surface area contributed by atoms with Gasteiger partial charge < -0.3 is 9.47 Å². The van der Waals surface area contributed by atoms with Crippen LogP contribution in [0.3, 0.4) is 0 Å². The quantitative estimate of drug-likeness (QED) is 0.569. The fourth-order valence-corrected chi connectivity index (χ4v) is 1.86. The third-order valence-corrected chi connectivity index (χ3v) is 3.29. The van der Waals surface area contributed by atoms with E-state index >= 15 is 0 Å². The summed E-state index contributed by atoms with van der Waals surface area (Å²) in [6.07, 6.45) is 2.25. The SMILES string of the molecule is CC(C)CCOCC(OCCC(C)C)c1ccccc1. The average molecular weight is 278 g/mol. The Morgan fingerprint density at radius 2 is 1.45 bits per heavy atom. The zero-order valence-electron chi connectivity index (χ0n) is 13.5. The summed E-state index contributed by atoms with van der Waals surface area (Å²) in [5.41, 5.74) is 1.21. The molecule has 0 heterocycles. The lowest BCUT2D eigenvalue weighted by atomic mass is 10.1. The topological polar surface area (TPSA) is 18.5 Å². The van der Waals surface area contributed by atoms with E-state index < -0.39 is 0 Å². The van der Waals surface area contributed by atoms with Gasteiger partial charge in [-0.3, -0.25) is 0 Å². The number of benzene rings is 1. The molecule has 0 saturated heterocycles. The van der Waals surface area contributed by atoms with Crippen molar-refractivity contribution in [2.45, 2.75) is 46.6 Å². The summed E-state index contributed by atoms with van der Waals surface area (Å²) in [5.74, 6) is 1.36. The minimum Gasteiger partial charge on any atom is -0.378 e. The van der Waals surface area contributed by atoms with Gasteiger partial charge in [-0.2, -0.15) is 0 Å². The Bertz CT molecular complexity index is 333. The van der Waals surface area contributed by atoms with E-state index in [4.69, 9.17) is 9.47 Å². The van der Waals surface area contributed by atoms with Crippen LogP contribution in [0.1, 0.15) is 52.2 Å². The van der Waals surface area contributed by atoms with E-state index in [0.29, 0.717) is 18.4 Å². The van der Waals surface area contributed by atoms with Gasteiger partial charge in [-0.25, -0.2) is 0 Å². The van der Waals surface area contributed by atoms with Gasteiger partial charge in [0.2, 0.25) is 0 Å². The van der Waals surface area contributed by atoms with Crippen molar-refractivity contribution in [3.8, 4) is 0 Å². The molecule has 0 bridgehead atoms. The lowest BCUT2D eigenvalue weighted by molar-refractivity contribution is -0.0233. The molecule has 0 fully saturated rings. The van der Waals surface area contributed by atoms with Gasteiger partial charge in [-0.05, 0) is 30.2 Å². The van der Waals surface area contributed by atoms with Crippen molar-refractivity contribution in [1.29, 1.82) is 0 Å². The zero-order valence-corrected chi connectivity index (χ0v) is 13.5. The molecule has 0 aliphatic heterocycles. The predicted molar refractivity (Wildman–Crippen MR) is 84.9 cm³/mol. The summed E-state index contributed by atoms with van der Waals surface area (Å²) in [6.45, 7) is 11.1. The molecule has 0 amide bonds. The van der Waals surface area contributed by atoms with Crippen molar-refractivity contribution < 1.29 is 9.47 Å². The first-order valence-corrected chi connectivity index (χ1v) is 7.84. The largest absolute Gasteiger partial charge is 0.378 e. The second-order valence-electron chi connectivity index (χ2n) is 6.21. The fourth-order valence-electron chi connectivity index (χ4n) is 1.86. The summed E-state index contributed by atoms with van der Waals surface area (Å²) in [7, 11) is 0. The Kier molecular flexibility index (Phi) is 8.56. The summed E-state index contributed by atoms with van der Waals surface area (Å²) in [6, 6.07) is 10.4. The number of rotatable bonds is 10. The van der Waals surface area contributed by atoms with E-state index in [9.17, 15) is 0 Å². The summed E-state index contributed by atoms with van der Waals surface area (Å²) in [4.78, 5) is 0. The smallest absolute Gasteiger partial charge is 0.106 e. The Morgan fingerprint density at radius 1 is 0.850 bits per heavy atom. The predicted octanol–water partition coefficient (Wildman–Crippen LogP) is 4.85. The van der Waals surface area contributed by atoms with Gasteiger partial charge in [0.15, 0.2) is 0 Å². The molecule has 2 heteroatoms. The average Bonchev–Trinajstić information content (AvgIpc) is 2.42. The first kappa shape index (κ1) is 17.2. The van der Waals surface area contributed by atoms with Crippen LogP contribution in [0.5, 0.6) is 0 Å². The maximum atomic E-state index is 6.02. The van der Waals surface area contributed by atoms with E-state index in [1.54, 1.807) is 0 Å². The Balaban J connectivity index is 2.43. The molecule has 0 saturated carbocycles. The molecule has 1 aromatic carbocycles. The molecule has 1 aromatic rings. The van der Waals surface area contributed by atoms with Gasteiger partial charge >= 0.3 is 0 Å². The van der Waals surface area contributed by atoms with Crippen LogP contribution in [0.2, 0.25) is 0 Å². The van der Waals surface area contributed by atoms with E-state index in [2.05, 4.69) is 52.0 Å². The number of hydrogen-bond acceptors (Lipinski definition) is 2. The first-order valence-electron chi connectivity index (χ1n) is 7.84. The maximum Gasteiger partial charge on any atom is 0.106 e. The third kappa shape index (κ3) is 7.66. The van der Waals surface area contributed by atoms with Crippen LogP contribution in [-0.4, -0.2) is 19.8 Å². The molecule has 1 rings (SSSR count). The van der Waals surface area contributed by atoms with Crippen molar-refractivity contribution >= 4 is 0 Å². The number of hydrogen-bond donors (Lipinski definition) is 0. The summed E-state index contributed by atoms with van der Waals surface area (Å²) < 4.78 is 11.8. The molecule has 0 aliphatic rings. The molecule has 0 radical (unpaired) electrons. The van der Waals surface area contributed by atoms with Crippen molar-refractivity contribution in [2.75, 3.05) is 19.8 Å². The van der Waals surface area contributed by atoms with Gasteiger partial charge in [-0.15, -0.1) is 0 Å². The highest BCUT2D eigenvalue weighted by Crippen LogP contribution is 2.19. The standard InChI is InChI=1S/C18H30O2/c1-15(2)10-12-19-14-18(20-13-11-16(3)4)17-8-6-5-7-9-17/h5-9,15-16,18H,10-14H2,1-4H3. The second-order valence-corrected chi connectivity index (χ2v) is 6.21. The molecule has 0 N–H and O–H groups in total. The van der Waals surface area contributed by atoms with Crippen LogP contribution >= 0.6 is 0 Å². The number of ether oxygens (including phenoxy) is 2. The molecule has 114 valence electrons. The lowest BCUT2D eigenvalue weighted by Crippen LogP contribution is -2.14. The van der Waals surface area contributed by atoms with Crippen LogP contribution in [-0.2, 0) is 9.47 Å². The highest BCUT2D eigenvalue weighted by atomic mass is 16.5. The van der Waals surface area contributed by atoms with Crippen LogP contribution in [0.4, 0.5) is 0 Å². The lowest BCUT2D eigenvalue weighted by Gasteiger charge is -2.19. The van der Waals surface area contributed by atoms with Gasteiger partial charge in [0.25, 0.3) is 0 Å². The molecule has 0 aliphatic carbocycles. The fraction of sp³-hybridized carbons (Fsp3) is 0.667. The van der Waals surface area contributed by atoms with Crippen molar-refractivity contribution in [3.05, 3.63) is 35.9 Å². The van der Waals surface area contributed by atoms with Gasteiger partial charge in [0.1, 0.15) is 6.10 Å². The minimum atomic E-state index is 0.0575. The Hall–Kier alpha value is -0.860.